The quantitative estimate of drug-likeness (QED) is 0.131. The van der Waals surface area contributed by atoms with E-state index in [1.807, 2.05) is 0 Å². The first-order valence-corrected chi connectivity index (χ1v) is 4.26. The average molecular weight is 223 g/mol. The monoisotopic (exact) mass is 223 g/mol. The van der Waals surface area contributed by atoms with Crippen LogP contribution in [-0.4, -0.2) is 50.3 Å². The summed E-state index contributed by atoms with van der Waals surface area (Å²) in [5.74, 6) is 10.3. The molecule has 1 aliphatic heterocycles. The lowest BCUT2D eigenvalue weighted by Crippen LogP contribution is -2.85. The van der Waals surface area contributed by atoms with Gasteiger partial charge in [-0.15, -0.1) is 0 Å². The maximum Gasteiger partial charge on any atom is 0.192 e. The number of aliphatic hydroxyl groups is 3. The summed E-state index contributed by atoms with van der Waals surface area (Å²) in [6.45, 7) is 1.36. The number of nitrogens with two attached hydrogens (primary N) is 4. The second kappa shape index (κ2) is 3.59. The molecule has 0 bridgehead atoms. The van der Waals surface area contributed by atoms with Crippen LogP contribution < -0.4 is 23.2 Å². The molecular weight excluding hydrogens is 206 g/mol. The van der Waals surface area contributed by atoms with Crippen LogP contribution in [-0.2, 0) is 4.74 Å². The molecule has 9 heteroatoms. The number of aliphatic hydroxyl groups excluding tert-OH is 2. The number of hydrazine groups is 2. The van der Waals surface area contributed by atoms with E-state index in [4.69, 9.17) is 27.9 Å². The first-order chi connectivity index (χ1) is 6.65. The van der Waals surface area contributed by atoms with Gasteiger partial charge in [-0.1, -0.05) is 0 Å². The van der Waals surface area contributed by atoms with Gasteiger partial charge in [-0.3, -0.25) is 17.4 Å². The van der Waals surface area contributed by atoms with E-state index in [2.05, 4.69) is 0 Å². The molecule has 5 atom stereocenters. The van der Waals surface area contributed by atoms with Gasteiger partial charge >= 0.3 is 0 Å². The van der Waals surface area contributed by atoms with Gasteiger partial charge < -0.3 is 25.8 Å². The summed E-state index contributed by atoms with van der Waals surface area (Å²) in [7, 11) is 0. The van der Waals surface area contributed by atoms with Crippen LogP contribution in [0.4, 0.5) is 0 Å². The van der Waals surface area contributed by atoms with Crippen molar-refractivity contribution in [2.24, 2.45) is 23.2 Å². The first kappa shape index (κ1) is 12.7. The number of hydrogen-bond donors (Lipinski definition) is 7. The van der Waals surface area contributed by atoms with Crippen molar-refractivity contribution >= 4 is 0 Å². The Morgan fingerprint density at radius 3 is 2.13 bits per heavy atom. The van der Waals surface area contributed by atoms with E-state index in [0.717, 1.165) is 0 Å². The highest BCUT2D eigenvalue weighted by atomic mass is 16.6. The fraction of sp³-hybridized carbons (Fsp3) is 1.00. The van der Waals surface area contributed by atoms with Crippen LogP contribution in [0.15, 0.2) is 0 Å². The molecule has 1 heterocycles. The van der Waals surface area contributed by atoms with Gasteiger partial charge in [0.05, 0.1) is 0 Å². The van der Waals surface area contributed by atoms with Crippen molar-refractivity contribution in [1.82, 2.24) is 5.12 Å². The zero-order valence-corrected chi connectivity index (χ0v) is 8.24. The van der Waals surface area contributed by atoms with Gasteiger partial charge in [0.25, 0.3) is 0 Å². The Morgan fingerprint density at radius 1 is 1.27 bits per heavy atom. The third kappa shape index (κ3) is 1.63. The Bertz CT molecular complexity index is 250. The van der Waals surface area contributed by atoms with Gasteiger partial charge in [-0.05, 0) is 6.92 Å². The van der Waals surface area contributed by atoms with Gasteiger partial charge in [-0.2, -0.15) is 5.12 Å². The van der Waals surface area contributed by atoms with Crippen LogP contribution in [0.1, 0.15) is 6.92 Å². The minimum absolute atomic E-state index is 0.353. The normalized spacial score (nSPS) is 52.2. The molecule has 0 aromatic heterocycles. The highest BCUT2D eigenvalue weighted by molar-refractivity contribution is 5.05. The molecule has 1 rings (SSSR count). The Kier molecular flexibility index (Phi) is 3.04. The molecule has 0 aliphatic carbocycles. The highest BCUT2D eigenvalue weighted by Gasteiger charge is 2.60. The van der Waals surface area contributed by atoms with E-state index < -0.39 is 29.9 Å². The van der Waals surface area contributed by atoms with Crippen molar-refractivity contribution < 1.29 is 20.1 Å². The first-order valence-electron chi connectivity index (χ1n) is 4.26. The molecule has 15 heavy (non-hydrogen) atoms. The molecule has 1 fully saturated rings. The van der Waals surface area contributed by atoms with Gasteiger partial charge in [-0.25, -0.2) is 0 Å². The molecule has 0 radical (unpaired) electrons. The predicted octanol–water partition coefficient (Wildman–Crippen LogP) is -4.56. The maximum absolute atomic E-state index is 9.73. The molecule has 1 aliphatic rings. The van der Waals surface area contributed by atoms with E-state index in [1.165, 1.54) is 6.92 Å². The lowest BCUT2D eigenvalue weighted by atomic mass is 9.87. The lowest BCUT2D eigenvalue weighted by molar-refractivity contribution is -0.332. The third-order valence-electron chi connectivity index (χ3n) is 2.70. The summed E-state index contributed by atoms with van der Waals surface area (Å²) in [4.78, 5) is 0. The van der Waals surface area contributed by atoms with Crippen LogP contribution >= 0.6 is 0 Å². The molecule has 90 valence electrons. The molecule has 0 aromatic carbocycles. The van der Waals surface area contributed by atoms with Crippen molar-refractivity contribution in [3.63, 3.8) is 0 Å². The average Bonchev–Trinajstić information content (AvgIpc) is 2.12. The Balaban J connectivity index is 3.09. The zero-order chi connectivity index (χ0) is 12.0. The summed E-state index contributed by atoms with van der Waals surface area (Å²) in [5, 5.41) is 29.3. The topological polar surface area (TPSA) is 177 Å². The summed E-state index contributed by atoms with van der Waals surface area (Å²) in [6.07, 6.45) is -4.49. The molecule has 1 unspecified atom stereocenters. The van der Waals surface area contributed by atoms with Crippen LogP contribution in [0, 0.1) is 0 Å². The Morgan fingerprint density at radius 2 is 1.73 bits per heavy atom. The van der Waals surface area contributed by atoms with Crippen LogP contribution in [0.5, 0.6) is 0 Å². The van der Waals surface area contributed by atoms with Gasteiger partial charge in [0.2, 0.25) is 0 Å². The molecule has 0 aromatic rings. The van der Waals surface area contributed by atoms with Gasteiger partial charge in [0, 0.05) is 0 Å². The lowest BCUT2D eigenvalue weighted by Gasteiger charge is -2.52. The summed E-state index contributed by atoms with van der Waals surface area (Å²) >= 11 is 0. The standard InChI is InChI=1S/C6H17N5O4/c1-2-6(8,14)3(12)5(7,11(9)10)4(13)15-2/h2-4,12-14H,7-10H2,1H3/t2-,3-,4?,5-,6-/m1/s1. The fourth-order valence-corrected chi connectivity index (χ4v) is 1.41. The van der Waals surface area contributed by atoms with Gasteiger partial charge in [0.15, 0.2) is 17.7 Å². The van der Waals surface area contributed by atoms with Crippen LogP contribution in [0.25, 0.3) is 0 Å². The van der Waals surface area contributed by atoms with E-state index in [-0.39, 0.29) is 0 Å². The van der Waals surface area contributed by atoms with Crippen molar-refractivity contribution in [3.8, 4) is 0 Å². The van der Waals surface area contributed by atoms with E-state index in [1.54, 1.807) is 0 Å². The molecule has 0 spiro atoms. The van der Waals surface area contributed by atoms with E-state index in [0.29, 0.717) is 5.12 Å². The minimum Gasteiger partial charge on any atom is -0.385 e. The van der Waals surface area contributed by atoms with Crippen molar-refractivity contribution in [2.45, 2.75) is 36.8 Å². The third-order valence-corrected chi connectivity index (χ3v) is 2.70. The molecule has 11 N–H and O–H groups in total. The second-order valence-corrected chi connectivity index (χ2v) is 3.72. The number of rotatable bonds is 1. The van der Waals surface area contributed by atoms with Crippen LogP contribution in [0.3, 0.4) is 0 Å². The summed E-state index contributed by atoms with van der Waals surface area (Å²) < 4.78 is 4.84. The second-order valence-electron chi connectivity index (χ2n) is 3.72. The van der Waals surface area contributed by atoms with Crippen LogP contribution in [0.2, 0.25) is 0 Å². The predicted molar refractivity (Wildman–Crippen MR) is 48.8 cm³/mol. The minimum atomic E-state index is -2.16. The maximum atomic E-state index is 9.73. The van der Waals surface area contributed by atoms with Gasteiger partial charge in [0.1, 0.15) is 12.2 Å². The number of ether oxygens (including phenoxy) is 1. The zero-order valence-electron chi connectivity index (χ0n) is 8.24. The molecule has 0 saturated carbocycles. The molecule has 0 amide bonds. The molecule has 9 nitrogen and oxygen atoms in total. The smallest absolute Gasteiger partial charge is 0.192 e. The Hall–Kier alpha value is -0.360. The SMILES string of the molecule is C[C@H]1OC(O)[C@](N)(N(N)N)[C@@H](O)[C@]1(N)O. The fourth-order valence-electron chi connectivity index (χ4n) is 1.41. The van der Waals surface area contributed by atoms with E-state index >= 15 is 0 Å². The van der Waals surface area contributed by atoms with Crippen molar-refractivity contribution in [2.75, 3.05) is 0 Å². The largest absolute Gasteiger partial charge is 0.385 e. The number of nitrogens with zero attached hydrogens (tertiary/aromatic N) is 1. The molecular formula is C6H17N5O4. The van der Waals surface area contributed by atoms with E-state index in [9.17, 15) is 15.3 Å². The van der Waals surface area contributed by atoms with Crippen molar-refractivity contribution in [3.05, 3.63) is 0 Å². The summed E-state index contributed by atoms with van der Waals surface area (Å²) in [6, 6.07) is 0. The summed E-state index contributed by atoms with van der Waals surface area (Å²) in [5.41, 5.74) is 6.68. The highest BCUT2D eigenvalue weighted by Crippen LogP contribution is 2.31. The number of hydrogen-bond acceptors (Lipinski definition) is 9. The molecule has 1 saturated heterocycles. The van der Waals surface area contributed by atoms with Crippen molar-refractivity contribution in [1.29, 1.82) is 0 Å². The Labute approximate surface area is 86.1 Å².